The lowest BCUT2D eigenvalue weighted by Gasteiger charge is -2.15. The van der Waals surface area contributed by atoms with Crippen molar-refractivity contribution in [1.29, 1.82) is 0 Å². The Labute approximate surface area is 119 Å². The molecule has 0 radical (unpaired) electrons. The van der Waals surface area contributed by atoms with Gasteiger partial charge in [0.1, 0.15) is 6.33 Å². The highest BCUT2D eigenvalue weighted by molar-refractivity contribution is 5.35. The van der Waals surface area contributed by atoms with E-state index in [2.05, 4.69) is 45.8 Å². The summed E-state index contributed by atoms with van der Waals surface area (Å²) in [7, 11) is 0. The minimum atomic E-state index is 0.289. The molecule has 1 N–H and O–H groups in total. The summed E-state index contributed by atoms with van der Waals surface area (Å²) in [5, 5.41) is 14.7. The summed E-state index contributed by atoms with van der Waals surface area (Å²) in [5.41, 5.74) is 2.18. The van der Waals surface area contributed by atoms with E-state index in [0.29, 0.717) is 0 Å². The van der Waals surface area contributed by atoms with Gasteiger partial charge < -0.3 is 5.32 Å². The Kier molecular flexibility index (Phi) is 5.27. The van der Waals surface area contributed by atoms with Gasteiger partial charge in [0.2, 0.25) is 0 Å². The maximum atomic E-state index is 5.24. The van der Waals surface area contributed by atoms with E-state index in [1.807, 2.05) is 12.1 Å². The fourth-order valence-electron chi connectivity index (χ4n) is 2.00. The highest BCUT2D eigenvalue weighted by atomic mass is 15.5. The van der Waals surface area contributed by atoms with Crippen molar-refractivity contribution in [2.24, 2.45) is 0 Å². The highest BCUT2D eigenvalue weighted by Crippen LogP contribution is 2.16. The standard InChI is InChI=1S/C15H19N5/c1-3-4-5-6-10-16-13(2)14-8-7-9-15(11-14)20-12-17-18-19-20/h1,7-9,11-13,16H,4-6,10H2,2H3. The SMILES string of the molecule is C#CCCCCNC(C)c1cccc(-n2cnnn2)c1. The van der Waals surface area contributed by atoms with Gasteiger partial charge in [0.25, 0.3) is 0 Å². The lowest BCUT2D eigenvalue weighted by molar-refractivity contribution is 0.549. The number of unbranched alkanes of at least 4 members (excludes halogenated alkanes) is 2. The molecule has 1 aromatic carbocycles. The minimum Gasteiger partial charge on any atom is -0.310 e. The summed E-state index contributed by atoms with van der Waals surface area (Å²) in [6, 6.07) is 8.49. The van der Waals surface area contributed by atoms with Gasteiger partial charge in [0, 0.05) is 12.5 Å². The number of hydrogen-bond acceptors (Lipinski definition) is 4. The molecule has 0 spiro atoms. The van der Waals surface area contributed by atoms with E-state index in [0.717, 1.165) is 31.5 Å². The van der Waals surface area contributed by atoms with Crippen molar-refractivity contribution < 1.29 is 0 Å². The van der Waals surface area contributed by atoms with Crippen LogP contribution in [0.2, 0.25) is 0 Å². The fourth-order valence-corrected chi connectivity index (χ4v) is 2.00. The van der Waals surface area contributed by atoms with Gasteiger partial charge in [-0.3, -0.25) is 0 Å². The van der Waals surface area contributed by atoms with Gasteiger partial charge in [-0.2, -0.15) is 0 Å². The molecule has 5 nitrogen and oxygen atoms in total. The quantitative estimate of drug-likeness (QED) is 0.618. The molecule has 0 saturated heterocycles. The molecule has 104 valence electrons. The molecular weight excluding hydrogens is 250 g/mol. The summed E-state index contributed by atoms with van der Waals surface area (Å²) >= 11 is 0. The zero-order chi connectivity index (χ0) is 14.2. The largest absolute Gasteiger partial charge is 0.310 e. The average Bonchev–Trinajstić information content (AvgIpc) is 3.01. The van der Waals surface area contributed by atoms with Gasteiger partial charge in [-0.15, -0.1) is 17.4 Å². The van der Waals surface area contributed by atoms with Crippen molar-refractivity contribution in [2.45, 2.75) is 32.2 Å². The van der Waals surface area contributed by atoms with E-state index in [1.165, 1.54) is 5.56 Å². The van der Waals surface area contributed by atoms with Gasteiger partial charge in [-0.25, -0.2) is 4.68 Å². The topological polar surface area (TPSA) is 55.6 Å². The number of nitrogens with zero attached hydrogens (tertiary/aromatic N) is 4. The molecule has 1 atom stereocenters. The van der Waals surface area contributed by atoms with Gasteiger partial charge >= 0.3 is 0 Å². The smallest absolute Gasteiger partial charge is 0.143 e. The molecule has 1 unspecified atom stereocenters. The van der Waals surface area contributed by atoms with Crippen LogP contribution in [0.5, 0.6) is 0 Å². The first kappa shape index (κ1) is 14.2. The van der Waals surface area contributed by atoms with Gasteiger partial charge in [-0.05, 0) is 54.4 Å². The van der Waals surface area contributed by atoms with Crippen molar-refractivity contribution in [3.8, 4) is 18.0 Å². The normalized spacial score (nSPS) is 12.0. The molecule has 0 amide bonds. The third-order valence-corrected chi connectivity index (χ3v) is 3.18. The Morgan fingerprint density at radius 1 is 1.40 bits per heavy atom. The van der Waals surface area contributed by atoms with Crippen LogP contribution < -0.4 is 5.32 Å². The van der Waals surface area contributed by atoms with Crippen molar-refractivity contribution in [2.75, 3.05) is 6.54 Å². The van der Waals surface area contributed by atoms with Crippen molar-refractivity contribution in [3.05, 3.63) is 36.2 Å². The number of nitrogens with one attached hydrogen (secondary N) is 1. The third-order valence-electron chi connectivity index (χ3n) is 3.18. The van der Waals surface area contributed by atoms with E-state index in [9.17, 15) is 0 Å². The van der Waals surface area contributed by atoms with E-state index in [1.54, 1.807) is 11.0 Å². The summed E-state index contributed by atoms with van der Waals surface area (Å²) in [6.07, 6.45) is 9.85. The van der Waals surface area contributed by atoms with Crippen LogP contribution in [0.4, 0.5) is 0 Å². The first-order valence-corrected chi connectivity index (χ1v) is 6.81. The molecule has 0 aliphatic carbocycles. The van der Waals surface area contributed by atoms with E-state index in [-0.39, 0.29) is 6.04 Å². The van der Waals surface area contributed by atoms with Crippen LogP contribution in [0, 0.1) is 12.3 Å². The lowest BCUT2D eigenvalue weighted by Crippen LogP contribution is -2.20. The van der Waals surface area contributed by atoms with Crippen LogP contribution in [0.15, 0.2) is 30.6 Å². The Morgan fingerprint density at radius 3 is 3.05 bits per heavy atom. The van der Waals surface area contributed by atoms with Crippen LogP contribution in [0.25, 0.3) is 5.69 Å². The molecule has 0 fully saturated rings. The molecule has 0 aliphatic heterocycles. The number of terminal acetylenes is 1. The number of benzene rings is 1. The van der Waals surface area contributed by atoms with Crippen molar-refractivity contribution in [3.63, 3.8) is 0 Å². The Hall–Kier alpha value is -2.19. The molecule has 2 aromatic rings. The van der Waals surface area contributed by atoms with E-state index < -0.39 is 0 Å². The second-order valence-corrected chi connectivity index (χ2v) is 4.69. The Morgan fingerprint density at radius 2 is 2.30 bits per heavy atom. The van der Waals surface area contributed by atoms with Crippen molar-refractivity contribution >= 4 is 0 Å². The van der Waals surface area contributed by atoms with Gasteiger partial charge in [0.15, 0.2) is 0 Å². The van der Waals surface area contributed by atoms with Crippen molar-refractivity contribution in [1.82, 2.24) is 25.5 Å². The monoisotopic (exact) mass is 269 g/mol. The molecule has 1 heterocycles. The fraction of sp³-hybridized carbons (Fsp3) is 0.400. The van der Waals surface area contributed by atoms with Crippen LogP contribution >= 0.6 is 0 Å². The molecule has 0 aliphatic rings. The number of tetrazole rings is 1. The molecule has 20 heavy (non-hydrogen) atoms. The molecular formula is C15H19N5. The second kappa shape index (κ2) is 7.41. The van der Waals surface area contributed by atoms with Crippen LogP contribution in [0.3, 0.4) is 0 Å². The zero-order valence-corrected chi connectivity index (χ0v) is 11.7. The Bertz CT molecular complexity index is 556. The number of hydrogen-bond donors (Lipinski definition) is 1. The van der Waals surface area contributed by atoms with Crippen LogP contribution in [-0.4, -0.2) is 26.8 Å². The molecule has 0 bridgehead atoms. The summed E-state index contributed by atoms with van der Waals surface area (Å²) < 4.78 is 1.66. The first-order valence-electron chi connectivity index (χ1n) is 6.81. The van der Waals surface area contributed by atoms with Gasteiger partial charge in [-0.1, -0.05) is 12.1 Å². The maximum Gasteiger partial charge on any atom is 0.143 e. The Balaban J connectivity index is 1.92. The van der Waals surface area contributed by atoms with E-state index in [4.69, 9.17) is 6.42 Å². The molecule has 5 heteroatoms. The molecule has 0 saturated carbocycles. The summed E-state index contributed by atoms with van der Waals surface area (Å²) in [5.74, 6) is 2.66. The summed E-state index contributed by atoms with van der Waals surface area (Å²) in [6.45, 7) is 3.12. The van der Waals surface area contributed by atoms with E-state index >= 15 is 0 Å². The lowest BCUT2D eigenvalue weighted by atomic mass is 10.1. The number of aromatic nitrogens is 4. The predicted octanol–water partition coefficient (Wildman–Crippen LogP) is 2.12. The number of rotatable bonds is 7. The zero-order valence-electron chi connectivity index (χ0n) is 11.7. The second-order valence-electron chi connectivity index (χ2n) is 4.69. The first-order chi connectivity index (χ1) is 9.81. The van der Waals surface area contributed by atoms with Gasteiger partial charge in [0.05, 0.1) is 5.69 Å². The minimum absolute atomic E-state index is 0.289. The molecule has 2 rings (SSSR count). The van der Waals surface area contributed by atoms with Crippen LogP contribution in [-0.2, 0) is 0 Å². The maximum absolute atomic E-state index is 5.24. The predicted molar refractivity (Wildman–Crippen MR) is 78.3 cm³/mol. The third kappa shape index (κ3) is 3.90. The highest BCUT2D eigenvalue weighted by Gasteiger charge is 2.06. The average molecular weight is 269 g/mol. The van der Waals surface area contributed by atoms with Crippen LogP contribution in [0.1, 0.15) is 37.8 Å². The molecule has 1 aromatic heterocycles. The summed E-state index contributed by atoms with van der Waals surface area (Å²) in [4.78, 5) is 0.